The van der Waals surface area contributed by atoms with Gasteiger partial charge in [-0.3, -0.25) is 4.79 Å². The maximum Gasteiger partial charge on any atom is 0.260 e. The van der Waals surface area contributed by atoms with Crippen molar-refractivity contribution in [3.05, 3.63) is 47.1 Å². The predicted molar refractivity (Wildman–Crippen MR) is 72.7 cm³/mol. The van der Waals surface area contributed by atoms with Gasteiger partial charge < -0.3 is 19.0 Å². The van der Waals surface area contributed by atoms with E-state index in [1.54, 1.807) is 6.07 Å². The molecule has 0 atom stereocenters. The molecule has 0 radical (unpaired) electrons. The molecule has 0 bridgehead atoms. The summed E-state index contributed by atoms with van der Waals surface area (Å²) in [5.41, 5.74) is 1.35. The highest BCUT2D eigenvalue weighted by molar-refractivity contribution is 5.77. The fourth-order valence-electron chi connectivity index (χ4n) is 2.35. The van der Waals surface area contributed by atoms with Crippen molar-refractivity contribution in [2.75, 3.05) is 13.2 Å². The summed E-state index contributed by atoms with van der Waals surface area (Å²) in [5.74, 6) is 1.45. The van der Waals surface area contributed by atoms with Crippen molar-refractivity contribution in [3.63, 3.8) is 0 Å². The number of benzene rings is 1. The number of hydrogen-bond acceptors (Lipinski definition) is 4. The van der Waals surface area contributed by atoms with E-state index in [-0.39, 0.29) is 5.56 Å². The fourth-order valence-corrected chi connectivity index (χ4v) is 2.35. The predicted octanol–water partition coefficient (Wildman–Crippen LogP) is 1.48. The van der Waals surface area contributed by atoms with Gasteiger partial charge in [0, 0.05) is 12.3 Å². The molecule has 4 rings (SSSR count). The molecule has 0 amide bonds. The van der Waals surface area contributed by atoms with Crippen molar-refractivity contribution in [2.24, 2.45) is 0 Å². The third-order valence-corrected chi connectivity index (χ3v) is 3.29. The van der Waals surface area contributed by atoms with Crippen LogP contribution in [-0.2, 0) is 0 Å². The number of ether oxygens (including phenoxy) is 2. The Morgan fingerprint density at radius 3 is 2.90 bits per heavy atom. The van der Waals surface area contributed by atoms with Gasteiger partial charge in [0.15, 0.2) is 17.1 Å². The van der Waals surface area contributed by atoms with E-state index < -0.39 is 0 Å². The Labute approximate surface area is 113 Å². The van der Waals surface area contributed by atoms with Crippen molar-refractivity contribution >= 4 is 11.0 Å². The number of hydrogen-bond donors (Lipinski definition) is 1. The van der Waals surface area contributed by atoms with E-state index in [1.807, 2.05) is 29.0 Å². The molecule has 6 heteroatoms. The Kier molecular flexibility index (Phi) is 2.29. The van der Waals surface area contributed by atoms with Crippen molar-refractivity contribution in [1.82, 2.24) is 14.5 Å². The molecule has 0 saturated heterocycles. The van der Waals surface area contributed by atoms with Crippen LogP contribution in [0.25, 0.3) is 16.7 Å². The second-order valence-corrected chi connectivity index (χ2v) is 4.48. The summed E-state index contributed by atoms with van der Waals surface area (Å²) in [4.78, 5) is 18.5. The molecular formula is C14H11N3O3. The van der Waals surface area contributed by atoms with E-state index in [9.17, 15) is 4.79 Å². The lowest BCUT2D eigenvalue weighted by Crippen LogP contribution is -2.15. The zero-order chi connectivity index (χ0) is 13.5. The normalized spacial score (nSPS) is 13.6. The molecule has 3 aromatic rings. The average Bonchev–Trinajstić information content (AvgIpc) is 2.92. The van der Waals surface area contributed by atoms with Crippen LogP contribution in [0.2, 0.25) is 0 Å². The van der Waals surface area contributed by atoms with Gasteiger partial charge in [0.05, 0.1) is 17.4 Å². The molecule has 1 aromatic carbocycles. The third-order valence-electron chi connectivity index (χ3n) is 3.29. The first-order chi connectivity index (χ1) is 9.83. The van der Waals surface area contributed by atoms with Crippen molar-refractivity contribution < 1.29 is 9.47 Å². The van der Waals surface area contributed by atoms with Crippen LogP contribution < -0.4 is 15.0 Å². The summed E-state index contributed by atoms with van der Waals surface area (Å²) in [5, 5.41) is 0.558. The Morgan fingerprint density at radius 2 is 2.00 bits per heavy atom. The maximum atomic E-state index is 11.7. The molecule has 2 aromatic heterocycles. The Morgan fingerprint density at radius 1 is 1.15 bits per heavy atom. The molecule has 0 saturated carbocycles. The Hall–Kier alpha value is -2.76. The van der Waals surface area contributed by atoms with E-state index in [0.29, 0.717) is 30.0 Å². The minimum Gasteiger partial charge on any atom is -0.486 e. The molecule has 1 aliphatic rings. The number of fused-ring (bicyclic) bond motifs is 2. The second-order valence-electron chi connectivity index (χ2n) is 4.48. The smallest absolute Gasteiger partial charge is 0.260 e. The molecule has 0 spiro atoms. The second kappa shape index (κ2) is 4.12. The fraction of sp³-hybridized carbons (Fsp3) is 0.143. The third kappa shape index (κ3) is 1.58. The van der Waals surface area contributed by atoms with Gasteiger partial charge in [0.25, 0.3) is 5.56 Å². The van der Waals surface area contributed by atoms with Gasteiger partial charge in [-0.15, -0.1) is 0 Å². The summed E-state index contributed by atoms with van der Waals surface area (Å²) >= 11 is 0. The molecule has 6 nitrogen and oxygen atoms in total. The lowest BCUT2D eigenvalue weighted by Gasteiger charge is -2.19. The molecule has 0 aliphatic carbocycles. The highest BCUT2D eigenvalue weighted by Gasteiger charge is 2.14. The van der Waals surface area contributed by atoms with Crippen LogP contribution >= 0.6 is 0 Å². The molecule has 20 heavy (non-hydrogen) atoms. The molecule has 100 valence electrons. The summed E-state index contributed by atoms with van der Waals surface area (Å²) in [7, 11) is 0. The lowest BCUT2D eigenvalue weighted by molar-refractivity contribution is 0.171. The van der Waals surface area contributed by atoms with Crippen LogP contribution in [0.3, 0.4) is 0 Å². The Balaban J connectivity index is 1.91. The standard InChI is InChI=1S/C14H11N3O3/c18-14-10-3-4-17(13(10)15-8-16-14)9-1-2-11-12(7-9)20-6-5-19-11/h1-4,7-8H,5-6H2,(H,15,16,18). The maximum absolute atomic E-state index is 11.7. The summed E-state index contributed by atoms with van der Waals surface area (Å²) in [6, 6.07) is 7.41. The molecule has 0 unspecified atom stereocenters. The number of aromatic nitrogens is 3. The quantitative estimate of drug-likeness (QED) is 0.726. The minimum atomic E-state index is -0.147. The monoisotopic (exact) mass is 269 g/mol. The van der Waals surface area contributed by atoms with Crippen molar-refractivity contribution in [2.45, 2.75) is 0 Å². The number of nitrogens with zero attached hydrogens (tertiary/aromatic N) is 2. The molecule has 3 heterocycles. The zero-order valence-electron chi connectivity index (χ0n) is 10.5. The number of aromatic amines is 1. The average molecular weight is 269 g/mol. The van der Waals surface area contributed by atoms with Gasteiger partial charge in [-0.05, 0) is 18.2 Å². The zero-order valence-corrected chi connectivity index (χ0v) is 10.5. The summed E-state index contributed by atoms with van der Waals surface area (Å²) < 4.78 is 12.9. The molecule has 1 N–H and O–H groups in total. The first-order valence-electron chi connectivity index (χ1n) is 6.28. The van der Waals surface area contributed by atoms with Crippen LogP contribution in [0.4, 0.5) is 0 Å². The van der Waals surface area contributed by atoms with Crippen LogP contribution in [0, 0.1) is 0 Å². The van der Waals surface area contributed by atoms with E-state index in [4.69, 9.17) is 9.47 Å². The van der Waals surface area contributed by atoms with Crippen LogP contribution in [0.15, 0.2) is 41.6 Å². The van der Waals surface area contributed by atoms with Crippen LogP contribution in [0.1, 0.15) is 0 Å². The first kappa shape index (κ1) is 11.1. The molecule has 1 aliphatic heterocycles. The van der Waals surface area contributed by atoms with Gasteiger partial charge in [-0.2, -0.15) is 0 Å². The largest absolute Gasteiger partial charge is 0.486 e. The molecule has 0 fully saturated rings. The van der Waals surface area contributed by atoms with Gasteiger partial charge in [0.1, 0.15) is 13.2 Å². The first-order valence-corrected chi connectivity index (χ1v) is 6.28. The van der Waals surface area contributed by atoms with Gasteiger partial charge >= 0.3 is 0 Å². The van der Waals surface area contributed by atoms with E-state index in [1.165, 1.54) is 6.33 Å². The number of rotatable bonds is 1. The SMILES string of the molecule is O=c1[nH]cnc2c1ccn2-c1ccc2c(c1)OCCO2. The molecular weight excluding hydrogens is 258 g/mol. The summed E-state index contributed by atoms with van der Waals surface area (Å²) in [6.45, 7) is 1.11. The van der Waals surface area contributed by atoms with Crippen molar-refractivity contribution in [3.8, 4) is 17.2 Å². The number of nitrogens with one attached hydrogen (secondary N) is 1. The van der Waals surface area contributed by atoms with Crippen LogP contribution in [-0.4, -0.2) is 27.7 Å². The highest BCUT2D eigenvalue weighted by atomic mass is 16.6. The van der Waals surface area contributed by atoms with Gasteiger partial charge in [-0.1, -0.05) is 0 Å². The Bertz CT molecular complexity index is 850. The van der Waals surface area contributed by atoms with Gasteiger partial charge in [-0.25, -0.2) is 4.98 Å². The number of H-pyrrole nitrogens is 1. The van der Waals surface area contributed by atoms with Crippen LogP contribution in [0.5, 0.6) is 11.5 Å². The van der Waals surface area contributed by atoms with E-state index in [0.717, 1.165) is 11.4 Å². The lowest BCUT2D eigenvalue weighted by atomic mass is 10.2. The summed E-state index contributed by atoms with van der Waals surface area (Å²) in [6.07, 6.45) is 3.22. The highest BCUT2D eigenvalue weighted by Crippen LogP contribution is 2.32. The van der Waals surface area contributed by atoms with Gasteiger partial charge in [0.2, 0.25) is 0 Å². The topological polar surface area (TPSA) is 69.1 Å². The van der Waals surface area contributed by atoms with Crippen molar-refractivity contribution in [1.29, 1.82) is 0 Å². The van der Waals surface area contributed by atoms with E-state index >= 15 is 0 Å². The van der Waals surface area contributed by atoms with E-state index in [2.05, 4.69) is 9.97 Å². The minimum absolute atomic E-state index is 0.147.